The lowest BCUT2D eigenvalue weighted by molar-refractivity contribution is 0.101. The van der Waals surface area contributed by atoms with Crippen molar-refractivity contribution in [3.05, 3.63) is 76.6 Å². The van der Waals surface area contributed by atoms with E-state index in [1.807, 2.05) is 30.3 Å². The van der Waals surface area contributed by atoms with E-state index in [1.54, 1.807) is 20.8 Å². The number of benzene rings is 2. The molecule has 1 atom stereocenters. The van der Waals surface area contributed by atoms with E-state index in [4.69, 9.17) is 11.6 Å². The van der Waals surface area contributed by atoms with Crippen molar-refractivity contribution in [3.63, 3.8) is 0 Å². The van der Waals surface area contributed by atoms with Crippen LogP contribution in [0.3, 0.4) is 0 Å². The maximum atomic E-state index is 14.4. The summed E-state index contributed by atoms with van der Waals surface area (Å²) in [5.41, 5.74) is 1.23. The van der Waals surface area contributed by atoms with Gasteiger partial charge in [-0.15, -0.1) is 5.10 Å². The first-order valence-electron chi connectivity index (χ1n) is 9.33. The molecule has 2 aromatic carbocycles. The average Bonchev–Trinajstić information content (AvgIpc) is 3.18. The normalized spacial score (nSPS) is 12.8. The van der Waals surface area contributed by atoms with Gasteiger partial charge < -0.3 is 9.87 Å². The minimum absolute atomic E-state index is 0.112. The number of carbonyl (C=O) groups excluding carboxylic acids is 1. The number of rotatable bonds is 6. The van der Waals surface area contributed by atoms with Crippen molar-refractivity contribution in [1.82, 2.24) is 14.8 Å². The topological polar surface area (TPSA) is 95.2 Å². The molecule has 1 heterocycles. The third-order valence-electron chi connectivity index (χ3n) is 4.05. The predicted octanol–water partition coefficient (Wildman–Crippen LogP) is 4.25. The van der Waals surface area contributed by atoms with Crippen molar-refractivity contribution in [2.75, 3.05) is 5.32 Å². The molecule has 3 rings (SSSR count). The lowest BCUT2D eigenvalue weighted by atomic mass is 10.2. The molecule has 0 spiro atoms. The quantitative estimate of drug-likeness (QED) is 0.438. The molecule has 7 nitrogen and oxygen atoms in total. The Kier molecular flexibility index (Phi) is 7.09. The molecule has 0 aliphatic heterocycles. The molecule has 0 radical (unpaired) electrons. The van der Waals surface area contributed by atoms with Crippen LogP contribution in [0.25, 0.3) is 0 Å². The molecule has 0 fully saturated rings. The molecule has 1 unspecified atom stereocenters. The van der Waals surface area contributed by atoms with E-state index in [0.717, 1.165) is 5.56 Å². The second kappa shape index (κ2) is 9.59. The summed E-state index contributed by atoms with van der Waals surface area (Å²) in [7, 11) is 0. The Morgan fingerprint density at radius 2 is 2.03 bits per heavy atom. The Hall–Kier alpha value is -2.75. The number of amides is 1. The summed E-state index contributed by atoms with van der Waals surface area (Å²) < 4.78 is 31.5. The highest BCUT2D eigenvalue weighted by Crippen LogP contribution is 2.25. The molecule has 1 N–H and O–H groups in total. The Morgan fingerprint density at radius 3 is 2.71 bits per heavy atom. The second-order valence-corrected chi connectivity index (χ2v) is 10.0. The molecule has 10 heteroatoms. The first kappa shape index (κ1) is 22.9. The van der Waals surface area contributed by atoms with Crippen molar-refractivity contribution in [1.29, 1.82) is 0 Å². The fourth-order valence-corrected chi connectivity index (χ4v) is 3.23. The Labute approximate surface area is 187 Å². The van der Waals surface area contributed by atoms with Crippen molar-refractivity contribution in [2.45, 2.75) is 32.1 Å². The van der Waals surface area contributed by atoms with E-state index in [0.29, 0.717) is 12.1 Å². The molecule has 0 aliphatic carbocycles. The second-order valence-electron chi connectivity index (χ2n) is 7.67. The molecular weight excluding hydrogens is 441 g/mol. The Balaban J connectivity index is 1.75. The van der Waals surface area contributed by atoms with E-state index in [2.05, 4.69) is 19.8 Å². The van der Waals surface area contributed by atoms with Gasteiger partial charge in [0.2, 0.25) is 5.82 Å². The molecule has 1 aromatic heterocycles. The van der Waals surface area contributed by atoms with Crippen molar-refractivity contribution in [2.24, 2.45) is 4.40 Å². The van der Waals surface area contributed by atoms with E-state index < -0.39 is 27.8 Å². The van der Waals surface area contributed by atoms with Gasteiger partial charge in [0, 0.05) is 5.56 Å². The minimum Gasteiger partial charge on any atom is -0.591 e. The molecule has 0 bridgehead atoms. The molecule has 0 aliphatic rings. The fraction of sp³-hybridized carbons (Fsp3) is 0.238. The third-order valence-corrected chi connectivity index (χ3v) is 5.67. The van der Waals surface area contributed by atoms with Gasteiger partial charge in [-0.3, -0.25) is 4.79 Å². The number of hydrogen-bond donors (Lipinski definition) is 1. The van der Waals surface area contributed by atoms with Crippen LogP contribution in [0.1, 0.15) is 42.5 Å². The molecule has 0 saturated carbocycles. The number of hydrogen-bond acceptors (Lipinski definition) is 5. The standard InChI is InChI=1S/C21H21ClFN5O2S/c1-21(2,3)31(30)25-11-15-9-16(22)18(23)17(10-15)26-20(29)19-24-13-28(27-19)12-14-7-5-4-6-8-14/h4-11,13H,12H2,1-3H3,(H,26,29)/b25-11+. The zero-order valence-electron chi connectivity index (χ0n) is 17.2. The maximum Gasteiger partial charge on any atom is 0.295 e. The highest BCUT2D eigenvalue weighted by Gasteiger charge is 2.26. The molecule has 0 saturated heterocycles. The minimum atomic E-state index is -1.49. The number of aromatic nitrogens is 3. The van der Waals surface area contributed by atoms with Crippen LogP contribution in [-0.4, -0.2) is 36.2 Å². The monoisotopic (exact) mass is 461 g/mol. The highest BCUT2D eigenvalue weighted by molar-refractivity contribution is 7.91. The lowest BCUT2D eigenvalue weighted by Gasteiger charge is -2.17. The molecular formula is C21H21ClFN5O2S. The van der Waals surface area contributed by atoms with Crippen LogP contribution in [0, 0.1) is 5.82 Å². The van der Waals surface area contributed by atoms with Crippen LogP contribution >= 0.6 is 11.6 Å². The summed E-state index contributed by atoms with van der Waals surface area (Å²) in [6, 6.07) is 12.3. The predicted molar refractivity (Wildman–Crippen MR) is 120 cm³/mol. The van der Waals surface area contributed by atoms with Gasteiger partial charge in [0.25, 0.3) is 5.91 Å². The number of anilines is 1. The van der Waals surface area contributed by atoms with E-state index in [-0.39, 0.29) is 16.5 Å². The van der Waals surface area contributed by atoms with Gasteiger partial charge >= 0.3 is 0 Å². The van der Waals surface area contributed by atoms with Gasteiger partial charge in [0.05, 0.1) is 23.5 Å². The summed E-state index contributed by atoms with van der Waals surface area (Å²) in [5.74, 6) is -1.60. The van der Waals surface area contributed by atoms with Crippen LogP contribution in [0.15, 0.2) is 53.2 Å². The molecule has 31 heavy (non-hydrogen) atoms. The molecule has 162 valence electrons. The maximum absolute atomic E-state index is 14.4. The largest absolute Gasteiger partial charge is 0.591 e. The summed E-state index contributed by atoms with van der Waals surface area (Å²) in [4.78, 5) is 16.5. The zero-order chi connectivity index (χ0) is 22.6. The van der Waals surface area contributed by atoms with Crippen LogP contribution in [0.5, 0.6) is 0 Å². The summed E-state index contributed by atoms with van der Waals surface area (Å²) in [6.45, 7) is 5.80. The molecule has 3 aromatic rings. The fourth-order valence-electron chi connectivity index (χ4n) is 2.47. The smallest absolute Gasteiger partial charge is 0.295 e. The number of nitrogens with one attached hydrogen (secondary N) is 1. The van der Waals surface area contributed by atoms with Gasteiger partial charge in [0.15, 0.2) is 5.82 Å². The Bertz CT molecular complexity index is 1100. The summed E-state index contributed by atoms with van der Waals surface area (Å²) >= 11 is 4.46. The van der Waals surface area contributed by atoms with Crippen LogP contribution in [0.2, 0.25) is 5.02 Å². The third kappa shape index (κ3) is 6.13. The van der Waals surface area contributed by atoms with Gasteiger partial charge in [-0.05, 0) is 38.5 Å². The van der Waals surface area contributed by atoms with Crippen molar-refractivity contribution >= 4 is 40.8 Å². The Morgan fingerprint density at radius 1 is 1.32 bits per heavy atom. The van der Waals surface area contributed by atoms with E-state index >= 15 is 0 Å². The van der Waals surface area contributed by atoms with Gasteiger partial charge in [-0.25, -0.2) is 14.1 Å². The highest BCUT2D eigenvalue weighted by atomic mass is 35.5. The number of halogens is 2. The van der Waals surface area contributed by atoms with Gasteiger partial charge in [0.1, 0.15) is 22.4 Å². The molecule has 1 amide bonds. The average molecular weight is 462 g/mol. The summed E-state index contributed by atoms with van der Waals surface area (Å²) in [5, 5.41) is 6.36. The lowest BCUT2D eigenvalue weighted by Crippen LogP contribution is -2.25. The van der Waals surface area contributed by atoms with Crippen LogP contribution < -0.4 is 5.32 Å². The van der Waals surface area contributed by atoms with E-state index in [9.17, 15) is 13.7 Å². The SMILES string of the molecule is CC(C)(C)[S+]([O-])/N=C/c1cc(Cl)c(F)c(NC(=O)c2ncn(Cc3ccccc3)n2)c1. The first-order valence-corrected chi connectivity index (χ1v) is 10.8. The summed E-state index contributed by atoms with van der Waals surface area (Å²) in [6.07, 6.45) is 2.76. The zero-order valence-corrected chi connectivity index (χ0v) is 18.7. The first-order chi connectivity index (χ1) is 14.6. The van der Waals surface area contributed by atoms with E-state index in [1.165, 1.54) is 29.4 Å². The van der Waals surface area contributed by atoms with Gasteiger partial charge in [-0.1, -0.05) is 46.3 Å². The van der Waals surface area contributed by atoms with Crippen LogP contribution in [-0.2, 0) is 17.9 Å². The van der Waals surface area contributed by atoms with Crippen molar-refractivity contribution < 1.29 is 13.7 Å². The van der Waals surface area contributed by atoms with Crippen molar-refractivity contribution in [3.8, 4) is 0 Å². The number of carbonyl (C=O) groups is 1. The van der Waals surface area contributed by atoms with Crippen LogP contribution in [0.4, 0.5) is 10.1 Å². The van der Waals surface area contributed by atoms with Gasteiger partial charge in [-0.2, -0.15) is 0 Å². The number of nitrogens with zero attached hydrogens (tertiary/aromatic N) is 4.